The molecule has 0 aliphatic rings. The van der Waals surface area contributed by atoms with E-state index in [0.29, 0.717) is 6.54 Å². The number of carbonyl (C=O) groups is 2. The van der Waals surface area contributed by atoms with E-state index < -0.39 is 5.97 Å². The highest BCUT2D eigenvalue weighted by molar-refractivity contribution is 5.81. The summed E-state index contributed by atoms with van der Waals surface area (Å²) < 4.78 is 4.72. The minimum absolute atomic E-state index is 0.125. The fourth-order valence-electron chi connectivity index (χ4n) is 0.779. The van der Waals surface area contributed by atoms with Crippen LogP contribution in [0.5, 0.6) is 0 Å². The van der Waals surface area contributed by atoms with Crippen molar-refractivity contribution in [2.45, 2.75) is 0 Å². The lowest BCUT2D eigenvalue weighted by atomic mass is 10.5. The van der Waals surface area contributed by atoms with E-state index in [0.717, 1.165) is 6.08 Å². The largest absolute Gasteiger partial charge is 0.461 e. The number of nitrogens with zero attached hydrogens (tertiary/aromatic N) is 2. The minimum Gasteiger partial charge on any atom is -0.461 e. The van der Waals surface area contributed by atoms with Gasteiger partial charge in [0.1, 0.15) is 6.61 Å². The second kappa shape index (κ2) is 6.01. The molecule has 0 spiro atoms. The molecular weight excluding hydrogens is 184 g/mol. The monoisotopic (exact) mass is 200 g/mol. The van der Waals surface area contributed by atoms with Crippen molar-refractivity contribution in [3.63, 3.8) is 0 Å². The van der Waals surface area contributed by atoms with Gasteiger partial charge in [0.2, 0.25) is 0 Å². The van der Waals surface area contributed by atoms with Gasteiger partial charge >= 0.3 is 12.0 Å². The molecule has 0 unspecified atom stereocenters. The first kappa shape index (κ1) is 12.5. The lowest BCUT2D eigenvalue weighted by Gasteiger charge is -2.21. The Morgan fingerprint density at radius 3 is 2.36 bits per heavy atom. The highest BCUT2D eigenvalue weighted by Gasteiger charge is 2.10. The fraction of sp³-hybridized carbons (Fsp3) is 0.556. The number of carbonyl (C=O) groups excluding carboxylic acids is 2. The molecule has 0 rings (SSSR count). The number of amides is 2. The van der Waals surface area contributed by atoms with E-state index >= 15 is 0 Å². The van der Waals surface area contributed by atoms with Gasteiger partial charge < -0.3 is 14.5 Å². The molecule has 0 aliphatic heterocycles. The van der Waals surface area contributed by atoms with Gasteiger partial charge in [-0.25, -0.2) is 9.59 Å². The first-order valence-electron chi connectivity index (χ1n) is 4.20. The number of ether oxygens (including phenoxy) is 1. The summed E-state index contributed by atoms with van der Waals surface area (Å²) in [6.07, 6.45) is 1.09. The van der Waals surface area contributed by atoms with Crippen LogP contribution in [0.3, 0.4) is 0 Å². The predicted molar refractivity (Wildman–Crippen MR) is 52.9 cm³/mol. The maximum Gasteiger partial charge on any atom is 0.330 e. The molecule has 80 valence electrons. The molecule has 0 heterocycles. The molecule has 0 radical (unpaired) electrons. The van der Waals surface area contributed by atoms with Gasteiger partial charge in [-0.15, -0.1) is 0 Å². The first-order chi connectivity index (χ1) is 6.49. The average Bonchev–Trinajstić information content (AvgIpc) is 2.15. The van der Waals surface area contributed by atoms with Crippen LogP contribution < -0.4 is 0 Å². The Labute approximate surface area is 83.9 Å². The highest BCUT2D eigenvalue weighted by Crippen LogP contribution is 1.91. The molecule has 0 aliphatic carbocycles. The van der Waals surface area contributed by atoms with Gasteiger partial charge in [0.25, 0.3) is 0 Å². The average molecular weight is 200 g/mol. The summed E-state index contributed by atoms with van der Waals surface area (Å²) in [5.41, 5.74) is 0. The van der Waals surface area contributed by atoms with Crippen LogP contribution in [0.15, 0.2) is 12.7 Å². The van der Waals surface area contributed by atoms with Crippen LogP contribution in [0.4, 0.5) is 4.79 Å². The van der Waals surface area contributed by atoms with Gasteiger partial charge in [0.15, 0.2) is 0 Å². The molecule has 5 nitrogen and oxygen atoms in total. The summed E-state index contributed by atoms with van der Waals surface area (Å²) in [6, 6.07) is -0.125. The van der Waals surface area contributed by atoms with Crippen LogP contribution in [-0.2, 0) is 9.53 Å². The summed E-state index contributed by atoms with van der Waals surface area (Å²) in [5, 5.41) is 0. The van der Waals surface area contributed by atoms with Crippen molar-refractivity contribution in [2.24, 2.45) is 0 Å². The Hall–Kier alpha value is -1.52. The molecule has 0 bridgehead atoms. The minimum atomic E-state index is -0.476. The summed E-state index contributed by atoms with van der Waals surface area (Å²) in [4.78, 5) is 24.8. The van der Waals surface area contributed by atoms with Gasteiger partial charge in [-0.3, -0.25) is 0 Å². The maximum absolute atomic E-state index is 11.3. The number of rotatable bonds is 4. The molecule has 0 atom stereocenters. The van der Waals surface area contributed by atoms with E-state index in [9.17, 15) is 9.59 Å². The molecule has 5 heteroatoms. The summed E-state index contributed by atoms with van der Waals surface area (Å²) in [7, 11) is 4.97. The van der Waals surface area contributed by atoms with Crippen molar-refractivity contribution >= 4 is 12.0 Å². The zero-order valence-electron chi connectivity index (χ0n) is 8.82. The first-order valence-corrected chi connectivity index (χ1v) is 4.20. The van der Waals surface area contributed by atoms with E-state index in [1.807, 2.05) is 0 Å². The number of hydrogen-bond donors (Lipinski definition) is 0. The van der Waals surface area contributed by atoms with Crippen LogP contribution in [-0.4, -0.2) is 56.1 Å². The fourth-order valence-corrected chi connectivity index (χ4v) is 0.779. The second-order valence-electron chi connectivity index (χ2n) is 2.97. The van der Waals surface area contributed by atoms with Crippen LogP contribution in [0.2, 0.25) is 0 Å². The Balaban J connectivity index is 3.74. The Morgan fingerprint density at radius 2 is 1.93 bits per heavy atom. The zero-order valence-corrected chi connectivity index (χ0v) is 8.82. The van der Waals surface area contributed by atoms with E-state index in [-0.39, 0.29) is 12.6 Å². The van der Waals surface area contributed by atoms with Crippen molar-refractivity contribution < 1.29 is 14.3 Å². The van der Waals surface area contributed by atoms with Crippen LogP contribution >= 0.6 is 0 Å². The number of likely N-dealkylation sites (N-methyl/N-ethyl adjacent to an activating group) is 1. The van der Waals surface area contributed by atoms with Crippen molar-refractivity contribution in [3.05, 3.63) is 12.7 Å². The van der Waals surface area contributed by atoms with Crippen LogP contribution in [0.25, 0.3) is 0 Å². The molecule has 0 saturated carbocycles. The van der Waals surface area contributed by atoms with Crippen molar-refractivity contribution in [2.75, 3.05) is 34.3 Å². The number of urea groups is 1. The van der Waals surface area contributed by atoms with Gasteiger partial charge in [-0.1, -0.05) is 6.58 Å². The van der Waals surface area contributed by atoms with Gasteiger partial charge in [0, 0.05) is 27.2 Å². The molecule has 0 N–H and O–H groups in total. The van der Waals surface area contributed by atoms with E-state index in [2.05, 4.69) is 6.58 Å². The van der Waals surface area contributed by atoms with Crippen LogP contribution in [0.1, 0.15) is 0 Å². The van der Waals surface area contributed by atoms with E-state index in [4.69, 9.17) is 4.74 Å². The molecule has 0 aromatic rings. The van der Waals surface area contributed by atoms with Gasteiger partial charge in [-0.2, -0.15) is 0 Å². The Morgan fingerprint density at radius 1 is 1.36 bits per heavy atom. The van der Waals surface area contributed by atoms with Crippen LogP contribution in [0, 0.1) is 0 Å². The van der Waals surface area contributed by atoms with Gasteiger partial charge in [-0.05, 0) is 0 Å². The van der Waals surface area contributed by atoms with E-state index in [1.54, 1.807) is 21.1 Å². The molecule has 0 saturated heterocycles. The normalized spacial score (nSPS) is 9.07. The molecule has 0 aromatic carbocycles. The predicted octanol–water partition coefficient (Wildman–Crippen LogP) is 0.329. The van der Waals surface area contributed by atoms with Gasteiger partial charge in [0.05, 0.1) is 6.54 Å². The summed E-state index contributed by atoms with van der Waals surface area (Å²) in [6.45, 7) is 3.81. The SMILES string of the molecule is C=CC(=O)OCCN(C)C(=O)N(C)C. The van der Waals surface area contributed by atoms with Crippen molar-refractivity contribution in [3.8, 4) is 0 Å². The molecule has 0 fully saturated rings. The highest BCUT2D eigenvalue weighted by atomic mass is 16.5. The lowest BCUT2D eigenvalue weighted by Crippen LogP contribution is -2.38. The number of hydrogen-bond acceptors (Lipinski definition) is 3. The van der Waals surface area contributed by atoms with Crippen molar-refractivity contribution in [1.82, 2.24) is 9.80 Å². The smallest absolute Gasteiger partial charge is 0.330 e. The van der Waals surface area contributed by atoms with Crippen molar-refractivity contribution in [1.29, 1.82) is 0 Å². The topological polar surface area (TPSA) is 49.9 Å². The third-order valence-electron chi connectivity index (χ3n) is 1.55. The third kappa shape index (κ3) is 4.49. The number of esters is 1. The second-order valence-corrected chi connectivity index (χ2v) is 2.97. The quantitative estimate of drug-likeness (QED) is 0.485. The standard InChI is InChI=1S/C9H16N2O3/c1-5-8(12)14-7-6-11(4)9(13)10(2)3/h5H,1,6-7H2,2-4H3. The lowest BCUT2D eigenvalue weighted by molar-refractivity contribution is -0.137. The molecule has 0 aromatic heterocycles. The van der Waals surface area contributed by atoms with E-state index in [1.165, 1.54) is 9.80 Å². The summed E-state index contributed by atoms with van der Waals surface area (Å²) in [5.74, 6) is -0.476. The third-order valence-corrected chi connectivity index (χ3v) is 1.55. The Kier molecular flexibility index (Phi) is 5.36. The molecule has 14 heavy (non-hydrogen) atoms. The molecule has 2 amide bonds. The summed E-state index contributed by atoms with van der Waals surface area (Å²) >= 11 is 0. The maximum atomic E-state index is 11.3. The Bertz CT molecular complexity index is 226. The zero-order chi connectivity index (χ0) is 11.1. The molecular formula is C9H16N2O3.